The average molecular weight is 709 g/mol. The fourth-order valence-corrected chi connectivity index (χ4v) is 8.49. The molecular formula is C36H32N6O6S2. The molecule has 6 aromatic carbocycles. The monoisotopic (exact) mass is 708 g/mol. The van der Waals surface area contributed by atoms with Crippen molar-refractivity contribution in [3.05, 3.63) is 96.1 Å². The first-order chi connectivity index (χ1) is 23.8. The number of benzene rings is 6. The van der Waals surface area contributed by atoms with E-state index in [0.29, 0.717) is 45.5 Å². The number of rotatable bonds is 9. The van der Waals surface area contributed by atoms with Crippen molar-refractivity contribution in [2.24, 2.45) is 10.2 Å². The predicted octanol–water partition coefficient (Wildman–Crippen LogP) is 9.10. The second-order valence-electron chi connectivity index (χ2n) is 11.6. The van der Waals surface area contributed by atoms with Gasteiger partial charge < -0.3 is 11.5 Å². The van der Waals surface area contributed by atoms with E-state index in [-0.39, 0.29) is 33.9 Å². The van der Waals surface area contributed by atoms with E-state index in [0.717, 1.165) is 22.3 Å². The van der Waals surface area contributed by atoms with E-state index in [2.05, 4.69) is 10.2 Å². The fourth-order valence-electron chi connectivity index (χ4n) is 6.73. The van der Waals surface area contributed by atoms with Crippen LogP contribution >= 0.6 is 0 Å². The molecule has 0 aliphatic rings. The Balaban J connectivity index is 1.60. The maximum absolute atomic E-state index is 12.8. The highest BCUT2D eigenvalue weighted by Gasteiger charge is 2.30. The van der Waals surface area contributed by atoms with E-state index >= 15 is 0 Å². The first kappa shape index (κ1) is 34.3. The Hall–Kier alpha value is -5.54. The van der Waals surface area contributed by atoms with Gasteiger partial charge in [0.2, 0.25) is 0 Å². The van der Waals surface area contributed by atoms with Crippen molar-refractivity contribution in [3.8, 4) is 33.4 Å². The quantitative estimate of drug-likeness (QED) is 0.0480. The predicted molar refractivity (Wildman–Crippen MR) is 195 cm³/mol. The largest absolute Gasteiger partial charge is 0.396 e. The van der Waals surface area contributed by atoms with Gasteiger partial charge in [0.25, 0.3) is 20.2 Å². The highest BCUT2D eigenvalue weighted by atomic mass is 32.2. The highest BCUT2D eigenvalue weighted by Crippen LogP contribution is 2.49. The molecule has 254 valence electrons. The third kappa shape index (κ3) is 5.57. The maximum atomic E-state index is 12.8. The summed E-state index contributed by atoms with van der Waals surface area (Å²) in [4.78, 5) is -1.10. The summed E-state index contributed by atoms with van der Waals surface area (Å²) in [5.74, 6) is 0. The molecule has 0 heterocycles. The fraction of sp³-hybridized carbons (Fsp3) is 0.111. The molecule has 0 spiro atoms. The molecule has 0 fully saturated rings. The summed E-state index contributed by atoms with van der Waals surface area (Å²) >= 11 is 0. The molecule has 0 aromatic heterocycles. The van der Waals surface area contributed by atoms with Gasteiger partial charge in [-0.15, -0.1) is 0 Å². The van der Waals surface area contributed by atoms with E-state index in [1.807, 2.05) is 26.0 Å². The molecular weight excluding hydrogens is 677 g/mol. The molecule has 12 nitrogen and oxygen atoms in total. The second-order valence-corrected chi connectivity index (χ2v) is 14.4. The Morgan fingerprint density at radius 2 is 0.920 bits per heavy atom. The zero-order chi connectivity index (χ0) is 36.1. The Morgan fingerprint density at radius 1 is 0.580 bits per heavy atom. The summed E-state index contributed by atoms with van der Waals surface area (Å²) in [6.45, 7) is 3.81. The minimum absolute atomic E-state index is 0.0385. The highest BCUT2D eigenvalue weighted by molar-refractivity contribution is 7.86. The number of anilines is 2. The zero-order valence-electron chi connectivity index (χ0n) is 26.9. The number of hydrogen-bond donors (Lipinski definition) is 6. The summed E-state index contributed by atoms with van der Waals surface area (Å²) in [6.07, 6.45) is 0.931. The summed E-state index contributed by atoms with van der Waals surface area (Å²) in [5, 5.41) is 8.72. The number of hydrogen-bond acceptors (Lipinski definition) is 10. The molecule has 6 aromatic rings. The number of nitrogens with zero attached hydrogens (tertiary/aromatic N) is 2. The molecule has 14 heteroatoms. The van der Waals surface area contributed by atoms with Crippen molar-refractivity contribution >= 4 is 64.5 Å². The lowest BCUT2D eigenvalue weighted by Crippen LogP contribution is -2.06. The molecule has 0 aliphatic carbocycles. The molecule has 0 bridgehead atoms. The van der Waals surface area contributed by atoms with Crippen LogP contribution in [0.2, 0.25) is 0 Å². The number of aryl methyl sites for hydroxylation is 2. The van der Waals surface area contributed by atoms with E-state index in [1.165, 1.54) is 0 Å². The van der Waals surface area contributed by atoms with Gasteiger partial charge in [-0.25, -0.2) is 11.1 Å². The van der Waals surface area contributed by atoms with E-state index < -0.39 is 30.0 Å². The lowest BCUT2D eigenvalue weighted by Gasteiger charge is -2.20. The van der Waals surface area contributed by atoms with Gasteiger partial charge in [0.05, 0.1) is 11.4 Å². The molecule has 0 radical (unpaired) electrons. The molecule has 0 atom stereocenters. The summed E-state index contributed by atoms with van der Waals surface area (Å²) < 4.78 is 72.0. The smallest absolute Gasteiger partial charge is 0.297 e. The maximum Gasteiger partial charge on any atom is 0.297 e. The van der Waals surface area contributed by atoms with Crippen LogP contribution in [-0.4, -0.2) is 25.9 Å². The Labute approximate surface area is 288 Å². The second kappa shape index (κ2) is 12.7. The first-order valence-electron chi connectivity index (χ1n) is 15.4. The lowest BCUT2D eigenvalue weighted by molar-refractivity contribution is 0.481. The standard InChI is InChI=1S/C36H32N6O6S2/c1-3-19-17-21(13-15-23(19)29-25-9-5-7-11-27(25)31(37)33(41-39)35(29)49(43,44)45)22-14-16-24(20(4-2)18-22)30-26-10-6-8-12-28(26)32(38)34(42-40)36(30)50(46,47)48/h5-18,39-40H,3-4,37-38H2,1-2H3,(H,43,44,45)(H,46,47,48). The van der Waals surface area contributed by atoms with Crippen LogP contribution in [0.4, 0.5) is 22.7 Å². The Bertz CT molecular complexity index is 2460. The number of nitrogens with one attached hydrogen (secondary N) is 2. The van der Waals surface area contributed by atoms with Crippen LogP contribution in [0.5, 0.6) is 0 Å². The van der Waals surface area contributed by atoms with Crippen LogP contribution < -0.4 is 11.5 Å². The van der Waals surface area contributed by atoms with Gasteiger partial charge in [0.15, 0.2) is 0 Å². The van der Waals surface area contributed by atoms with E-state index in [9.17, 15) is 25.9 Å². The van der Waals surface area contributed by atoms with Crippen LogP contribution in [0.25, 0.3) is 54.9 Å². The molecule has 6 rings (SSSR count). The SMILES string of the molecule is CCc1cc(-c2ccc(-c3c(S(=O)(=O)O)c(N=N)c(N)c4ccccc34)c(CC)c2)ccc1-c1c(S(=O)(=O)O)c(N=N)c(N)c2ccccc12. The van der Waals surface area contributed by atoms with E-state index in [4.69, 9.17) is 22.5 Å². The number of nitrogen functional groups attached to an aromatic ring is 2. The Kier molecular flexibility index (Phi) is 8.74. The van der Waals surface area contributed by atoms with Crippen molar-refractivity contribution < 1.29 is 25.9 Å². The molecule has 0 unspecified atom stereocenters. The van der Waals surface area contributed by atoms with Crippen LogP contribution in [0.15, 0.2) is 105 Å². The van der Waals surface area contributed by atoms with E-state index in [1.54, 1.807) is 72.8 Å². The van der Waals surface area contributed by atoms with Crippen LogP contribution in [-0.2, 0) is 33.1 Å². The lowest BCUT2D eigenvalue weighted by atomic mass is 9.87. The van der Waals surface area contributed by atoms with Crippen LogP contribution in [0.3, 0.4) is 0 Å². The summed E-state index contributed by atoms with van der Waals surface area (Å²) in [5.41, 5.74) is 31.6. The minimum atomic E-state index is -4.88. The number of nitrogens with two attached hydrogens (primary N) is 2. The van der Waals surface area contributed by atoms with Gasteiger partial charge in [-0.05, 0) is 57.0 Å². The van der Waals surface area contributed by atoms with Gasteiger partial charge in [-0.2, -0.15) is 27.1 Å². The zero-order valence-corrected chi connectivity index (χ0v) is 28.5. The van der Waals surface area contributed by atoms with Gasteiger partial charge in [0.1, 0.15) is 21.2 Å². The minimum Gasteiger partial charge on any atom is -0.396 e. The molecule has 0 saturated carbocycles. The van der Waals surface area contributed by atoms with Crippen LogP contribution in [0.1, 0.15) is 25.0 Å². The molecule has 8 N–H and O–H groups in total. The first-order valence-corrected chi connectivity index (χ1v) is 18.3. The van der Waals surface area contributed by atoms with Crippen molar-refractivity contribution in [1.82, 2.24) is 0 Å². The normalized spacial score (nSPS) is 12.0. The van der Waals surface area contributed by atoms with Gasteiger partial charge in [-0.1, -0.05) is 98.8 Å². The van der Waals surface area contributed by atoms with Gasteiger partial charge in [-0.3, -0.25) is 9.11 Å². The van der Waals surface area contributed by atoms with Crippen molar-refractivity contribution in [3.63, 3.8) is 0 Å². The third-order valence-electron chi connectivity index (χ3n) is 8.95. The Morgan fingerprint density at radius 3 is 1.22 bits per heavy atom. The average Bonchev–Trinajstić information content (AvgIpc) is 3.10. The van der Waals surface area contributed by atoms with Crippen LogP contribution in [0, 0.1) is 11.1 Å². The van der Waals surface area contributed by atoms with Crippen molar-refractivity contribution in [1.29, 1.82) is 11.1 Å². The summed E-state index contributed by atoms with van der Waals surface area (Å²) in [7, 11) is -9.77. The molecule has 0 aliphatic heterocycles. The summed E-state index contributed by atoms with van der Waals surface area (Å²) in [6, 6.07) is 24.6. The molecule has 50 heavy (non-hydrogen) atoms. The van der Waals surface area contributed by atoms with Crippen molar-refractivity contribution in [2.45, 2.75) is 36.5 Å². The topological polar surface area (TPSA) is 233 Å². The van der Waals surface area contributed by atoms with Gasteiger partial charge >= 0.3 is 0 Å². The molecule has 0 amide bonds. The van der Waals surface area contributed by atoms with Crippen molar-refractivity contribution in [2.75, 3.05) is 11.5 Å². The van der Waals surface area contributed by atoms with Gasteiger partial charge in [0, 0.05) is 21.9 Å². The molecule has 0 saturated heterocycles. The number of fused-ring (bicyclic) bond motifs is 2. The third-order valence-corrected chi connectivity index (χ3v) is 10.8.